The Kier molecular flexibility index (Phi) is 7.09. The molecule has 6 radical (unpaired) electrons. The zero-order chi connectivity index (χ0) is 33.0. The molecule has 0 spiro atoms. The highest BCUT2D eigenvalue weighted by atomic mass is 16.5. The van der Waals surface area contributed by atoms with Gasteiger partial charge in [-0.15, -0.1) is 0 Å². The fraction of sp³-hybridized carbons (Fsp3) is 0.0500. The van der Waals surface area contributed by atoms with E-state index in [0.29, 0.717) is 16.7 Å². The van der Waals surface area contributed by atoms with Crippen LogP contribution in [0.1, 0.15) is 5.82 Å². The summed E-state index contributed by atoms with van der Waals surface area (Å²) in [6.45, 7) is 0. The number of pyridine rings is 1. The maximum atomic E-state index is 11.1. The smallest absolute Gasteiger partial charge is 0.206 e. The van der Waals surface area contributed by atoms with Crippen LogP contribution in [-0.2, 0) is 5.79 Å². The molecule has 2 N–H and O–H groups in total. The molecule has 2 aromatic heterocycles. The molecule has 2 heterocycles. The average molecular weight is 613 g/mol. The van der Waals surface area contributed by atoms with E-state index >= 15 is 0 Å². The largest absolute Gasteiger partial charge is 0.361 e. The van der Waals surface area contributed by atoms with Gasteiger partial charge in [0.15, 0.2) is 5.82 Å². The van der Waals surface area contributed by atoms with Crippen LogP contribution in [-0.4, -0.2) is 48.3 Å². The van der Waals surface area contributed by atoms with E-state index in [0.717, 1.165) is 54.9 Å². The van der Waals surface area contributed by atoms with Crippen molar-refractivity contribution in [1.29, 1.82) is 0 Å². The molecule has 0 fully saturated rings. The lowest BCUT2D eigenvalue weighted by Crippen LogP contribution is -2.44. The van der Waals surface area contributed by atoms with E-state index in [9.17, 15) is 10.2 Å². The highest BCUT2D eigenvalue weighted by molar-refractivity contribution is 6.59. The number of fused-ring (bicyclic) bond motifs is 3. The molecule has 0 bridgehead atoms. The standard InChI is InChI=1S/C40H26B3N3O2/c41-40(42,43)39(47,48)38-45-34-16-5-6-17-35(34)46(38)29-11-7-9-27(23-29)37-32-14-3-1-12-30(32)36(31-13-2-4-15-33(31)37)26-20-18-25(19-21-26)28-10-8-22-44-24-28/h1-24,47-48H. The third-order valence-corrected chi connectivity index (χ3v) is 8.97. The van der Waals surface area contributed by atoms with Crippen LogP contribution in [0.2, 0.25) is 5.11 Å². The molecule has 0 unspecified atom stereocenters. The van der Waals surface area contributed by atoms with Crippen molar-refractivity contribution in [2.75, 3.05) is 0 Å². The van der Waals surface area contributed by atoms with Gasteiger partial charge in [-0.25, -0.2) is 4.98 Å². The highest BCUT2D eigenvalue weighted by Gasteiger charge is 2.43. The number of aliphatic hydroxyl groups is 2. The average Bonchev–Trinajstić information content (AvgIpc) is 3.51. The molecule has 0 aliphatic heterocycles. The lowest BCUT2D eigenvalue weighted by Gasteiger charge is -2.36. The quantitative estimate of drug-likeness (QED) is 0.116. The van der Waals surface area contributed by atoms with Gasteiger partial charge in [0.25, 0.3) is 0 Å². The van der Waals surface area contributed by atoms with Crippen molar-refractivity contribution in [3.63, 3.8) is 0 Å². The molecule has 0 amide bonds. The van der Waals surface area contributed by atoms with Gasteiger partial charge in [-0.1, -0.05) is 108 Å². The van der Waals surface area contributed by atoms with Crippen LogP contribution in [0.5, 0.6) is 0 Å². The minimum atomic E-state index is -2.85. The Labute approximate surface area is 281 Å². The first-order chi connectivity index (χ1) is 23.2. The summed E-state index contributed by atoms with van der Waals surface area (Å²) in [4.78, 5) is 8.80. The Balaban J connectivity index is 1.36. The zero-order valence-electron chi connectivity index (χ0n) is 25.8. The van der Waals surface area contributed by atoms with Gasteiger partial charge in [0.05, 0.1) is 34.6 Å². The number of benzene rings is 6. The van der Waals surface area contributed by atoms with E-state index < -0.39 is 10.9 Å². The minimum absolute atomic E-state index is 0.187. The summed E-state index contributed by atoms with van der Waals surface area (Å²) in [5, 5.41) is 24.3. The number of rotatable bonds is 6. The van der Waals surface area contributed by atoms with Gasteiger partial charge in [0, 0.05) is 18.1 Å². The predicted molar refractivity (Wildman–Crippen MR) is 196 cm³/mol. The molecule has 0 aliphatic rings. The van der Waals surface area contributed by atoms with Gasteiger partial charge in [-0.3, -0.25) is 9.55 Å². The molecular weight excluding hydrogens is 587 g/mol. The van der Waals surface area contributed by atoms with Gasteiger partial charge >= 0.3 is 0 Å². The van der Waals surface area contributed by atoms with Crippen LogP contribution in [0.3, 0.4) is 0 Å². The second-order valence-electron chi connectivity index (χ2n) is 12.1. The lowest BCUT2D eigenvalue weighted by molar-refractivity contribution is -0.175. The lowest BCUT2D eigenvalue weighted by atomic mass is 9.38. The Hall–Kier alpha value is -5.43. The molecule has 0 saturated carbocycles. The van der Waals surface area contributed by atoms with Crippen LogP contribution in [0.25, 0.3) is 71.6 Å². The van der Waals surface area contributed by atoms with Gasteiger partial charge in [-0.05, 0) is 85.3 Å². The Morgan fingerprint density at radius 3 is 1.71 bits per heavy atom. The monoisotopic (exact) mass is 613 g/mol. The Morgan fingerprint density at radius 2 is 1.10 bits per heavy atom. The Bertz CT molecular complexity index is 2410. The van der Waals surface area contributed by atoms with E-state index in [4.69, 9.17) is 23.5 Å². The molecule has 0 aliphatic carbocycles. The summed E-state index contributed by atoms with van der Waals surface area (Å²) < 4.78 is 1.64. The molecule has 6 aromatic carbocycles. The van der Waals surface area contributed by atoms with Crippen LogP contribution in [0.15, 0.2) is 146 Å². The van der Waals surface area contributed by atoms with E-state index in [1.165, 1.54) is 0 Å². The second-order valence-corrected chi connectivity index (χ2v) is 12.1. The molecule has 0 atom stereocenters. The third kappa shape index (κ3) is 4.84. The number of aromatic nitrogens is 3. The fourth-order valence-electron chi connectivity index (χ4n) is 6.63. The van der Waals surface area contributed by atoms with Crippen molar-refractivity contribution in [2.24, 2.45) is 0 Å². The first-order valence-corrected chi connectivity index (χ1v) is 15.6. The molecule has 222 valence electrons. The SMILES string of the molecule is [B]C([B])([B])C(O)(O)c1nc2ccccc2n1-c1cccc(-c2c3ccccc3c(-c3ccc(-c4cccnc4)cc3)c3ccccc23)c1. The first kappa shape index (κ1) is 29.9. The number of nitrogens with zero attached hydrogens (tertiary/aromatic N) is 3. The van der Waals surface area contributed by atoms with Crippen molar-refractivity contribution in [3.05, 3.63) is 152 Å². The topological polar surface area (TPSA) is 71.2 Å². The van der Waals surface area contributed by atoms with E-state index in [1.54, 1.807) is 16.8 Å². The third-order valence-electron chi connectivity index (χ3n) is 8.97. The molecule has 5 nitrogen and oxygen atoms in total. The normalized spacial score (nSPS) is 12.2. The summed E-state index contributed by atoms with van der Waals surface area (Å²) in [7, 11) is 17.6. The van der Waals surface area contributed by atoms with Crippen molar-refractivity contribution in [2.45, 2.75) is 10.9 Å². The van der Waals surface area contributed by atoms with Crippen molar-refractivity contribution >= 4 is 56.1 Å². The summed E-state index contributed by atoms with van der Waals surface area (Å²) in [6.07, 6.45) is 3.65. The first-order valence-electron chi connectivity index (χ1n) is 15.6. The fourth-order valence-corrected chi connectivity index (χ4v) is 6.63. The minimum Gasteiger partial charge on any atom is -0.361 e. The molecule has 8 aromatic rings. The molecule has 8 rings (SSSR count). The summed E-state index contributed by atoms with van der Waals surface area (Å²) in [5.41, 5.74) is 8.22. The maximum absolute atomic E-state index is 11.1. The second kappa shape index (κ2) is 11.4. The molecule has 8 heteroatoms. The molecule has 0 saturated heterocycles. The zero-order valence-corrected chi connectivity index (χ0v) is 25.8. The van der Waals surface area contributed by atoms with Crippen LogP contribution in [0, 0.1) is 0 Å². The van der Waals surface area contributed by atoms with E-state index in [-0.39, 0.29) is 5.82 Å². The number of imidazole rings is 1. The predicted octanol–water partition coefficient (Wildman–Crippen LogP) is 7.44. The van der Waals surface area contributed by atoms with Gasteiger partial charge < -0.3 is 10.2 Å². The van der Waals surface area contributed by atoms with Gasteiger partial charge in [0.1, 0.15) is 0 Å². The van der Waals surface area contributed by atoms with E-state index in [2.05, 4.69) is 94.9 Å². The van der Waals surface area contributed by atoms with Gasteiger partial charge in [0.2, 0.25) is 5.79 Å². The number of para-hydroxylation sites is 2. The van der Waals surface area contributed by atoms with Crippen molar-refractivity contribution in [1.82, 2.24) is 14.5 Å². The van der Waals surface area contributed by atoms with Crippen molar-refractivity contribution in [3.8, 4) is 39.1 Å². The molecular formula is C40H26B3N3O2. The summed E-state index contributed by atoms with van der Waals surface area (Å²) in [6, 6.07) is 44.7. The van der Waals surface area contributed by atoms with E-state index in [1.807, 2.05) is 48.7 Å². The number of hydrogen-bond donors (Lipinski definition) is 2. The van der Waals surface area contributed by atoms with Gasteiger partial charge in [-0.2, -0.15) is 0 Å². The summed E-state index contributed by atoms with van der Waals surface area (Å²) in [5.74, 6) is -3.04. The Morgan fingerprint density at radius 1 is 0.542 bits per heavy atom. The number of hydrogen-bond acceptors (Lipinski definition) is 4. The van der Waals surface area contributed by atoms with Crippen molar-refractivity contribution < 1.29 is 10.2 Å². The summed E-state index contributed by atoms with van der Waals surface area (Å²) >= 11 is 0. The van der Waals surface area contributed by atoms with Crippen LogP contribution < -0.4 is 0 Å². The molecule has 48 heavy (non-hydrogen) atoms. The maximum Gasteiger partial charge on any atom is 0.206 e. The van der Waals surface area contributed by atoms with Crippen LogP contribution >= 0.6 is 0 Å². The van der Waals surface area contributed by atoms with Crippen LogP contribution in [0.4, 0.5) is 0 Å². The highest BCUT2D eigenvalue weighted by Crippen LogP contribution is 2.45.